The molecule has 3 rings (SSSR count). The molecule has 0 radical (unpaired) electrons. The highest BCUT2D eigenvalue weighted by molar-refractivity contribution is 5.83. The lowest BCUT2D eigenvalue weighted by atomic mass is 9.99. The minimum Gasteiger partial charge on any atom is -0.459 e. The monoisotopic (exact) mass is 265 g/mol. The first-order chi connectivity index (χ1) is 9.06. The van der Waals surface area contributed by atoms with Crippen molar-refractivity contribution in [2.75, 3.05) is 0 Å². The highest BCUT2D eigenvalue weighted by Crippen LogP contribution is 2.34. The van der Waals surface area contributed by atoms with Gasteiger partial charge in [0.15, 0.2) is 0 Å². The van der Waals surface area contributed by atoms with E-state index in [2.05, 4.69) is 5.32 Å². The standard InChI is InChI=1S/C15H17F2NO/c1-8(2)14-13(7-18-10-3-4-10)19-12-6-9(16)5-11(17)15(12)14/h5-6,8,10,18H,3-4,7H2,1-2H3. The Morgan fingerprint density at radius 1 is 1.32 bits per heavy atom. The Morgan fingerprint density at radius 2 is 2.05 bits per heavy atom. The number of nitrogens with one attached hydrogen (secondary N) is 1. The van der Waals surface area contributed by atoms with Crippen molar-refractivity contribution in [2.24, 2.45) is 0 Å². The summed E-state index contributed by atoms with van der Waals surface area (Å²) in [7, 11) is 0. The van der Waals surface area contributed by atoms with Crippen LogP contribution in [0.15, 0.2) is 16.5 Å². The molecule has 1 aliphatic carbocycles. The third-order valence-corrected chi connectivity index (χ3v) is 3.53. The zero-order chi connectivity index (χ0) is 13.6. The van der Waals surface area contributed by atoms with E-state index >= 15 is 0 Å². The number of hydrogen-bond acceptors (Lipinski definition) is 2. The fourth-order valence-electron chi connectivity index (χ4n) is 2.49. The van der Waals surface area contributed by atoms with Crippen LogP contribution in [0.5, 0.6) is 0 Å². The van der Waals surface area contributed by atoms with Gasteiger partial charge in [-0.15, -0.1) is 0 Å². The van der Waals surface area contributed by atoms with E-state index in [0.29, 0.717) is 23.6 Å². The molecule has 102 valence electrons. The number of benzene rings is 1. The molecule has 0 amide bonds. The Labute approximate surface area is 110 Å². The van der Waals surface area contributed by atoms with E-state index in [1.165, 1.54) is 18.9 Å². The van der Waals surface area contributed by atoms with Crippen LogP contribution in [0.1, 0.15) is 43.9 Å². The van der Waals surface area contributed by atoms with E-state index in [9.17, 15) is 8.78 Å². The van der Waals surface area contributed by atoms with Crippen LogP contribution in [-0.2, 0) is 6.54 Å². The molecule has 1 saturated carbocycles. The molecule has 1 aliphatic rings. The molecule has 4 heteroatoms. The van der Waals surface area contributed by atoms with Gasteiger partial charge in [0.2, 0.25) is 0 Å². The molecule has 2 aromatic rings. The van der Waals surface area contributed by atoms with Gasteiger partial charge >= 0.3 is 0 Å². The summed E-state index contributed by atoms with van der Waals surface area (Å²) in [5, 5.41) is 3.77. The summed E-state index contributed by atoms with van der Waals surface area (Å²) < 4.78 is 32.9. The van der Waals surface area contributed by atoms with Crippen LogP contribution in [0.4, 0.5) is 8.78 Å². The molecule has 0 atom stereocenters. The van der Waals surface area contributed by atoms with E-state index < -0.39 is 11.6 Å². The molecule has 1 aromatic carbocycles. The van der Waals surface area contributed by atoms with Crippen LogP contribution in [0, 0.1) is 11.6 Å². The van der Waals surface area contributed by atoms with E-state index in [1.54, 1.807) is 0 Å². The summed E-state index contributed by atoms with van der Waals surface area (Å²) in [5.41, 5.74) is 1.15. The number of halogens is 2. The zero-order valence-electron chi connectivity index (χ0n) is 11.1. The van der Waals surface area contributed by atoms with Crippen LogP contribution in [0.25, 0.3) is 11.0 Å². The second-order valence-electron chi connectivity index (χ2n) is 5.51. The Bertz CT molecular complexity index is 614. The molecule has 0 aliphatic heterocycles. The van der Waals surface area contributed by atoms with Gasteiger partial charge in [-0.2, -0.15) is 0 Å². The fourth-order valence-corrected chi connectivity index (χ4v) is 2.49. The van der Waals surface area contributed by atoms with Crippen LogP contribution in [0.3, 0.4) is 0 Å². The van der Waals surface area contributed by atoms with Gasteiger partial charge in [-0.25, -0.2) is 8.78 Å². The molecule has 0 saturated heterocycles. The Balaban J connectivity index is 2.08. The van der Waals surface area contributed by atoms with E-state index in [4.69, 9.17) is 4.42 Å². The maximum Gasteiger partial charge on any atom is 0.140 e. The smallest absolute Gasteiger partial charge is 0.140 e. The Morgan fingerprint density at radius 3 is 2.68 bits per heavy atom. The molecular weight excluding hydrogens is 248 g/mol. The van der Waals surface area contributed by atoms with Crippen LogP contribution < -0.4 is 5.32 Å². The highest BCUT2D eigenvalue weighted by atomic mass is 19.1. The lowest BCUT2D eigenvalue weighted by Crippen LogP contribution is -2.16. The van der Waals surface area contributed by atoms with Crippen molar-refractivity contribution in [1.29, 1.82) is 0 Å². The number of fused-ring (bicyclic) bond motifs is 1. The first-order valence-electron chi connectivity index (χ1n) is 6.70. The predicted octanol–water partition coefficient (Wildman–Crippen LogP) is 4.09. The summed E-state index contributed by atoms with van der Waals surface area (Å²) >= 11 is 0. The SMILES string of the molecule is CC(C)c1c(CNC2CC2)oc2cc(F)cc(F)c12. The third-order valence-electron chi connectivity index (χ3n) is 3.53. The number of rotatable bonds is 4. The number of furan rings is 1. The summed E-state index contributed by atoms with van der Waals surface area (Å²) in [6.45, 7) is 4.56. The highest BCUT2D eigenvalue weighted by Gasteiger charge is 2.24. The summed E-state index contributed by atoms with van der Waals surface area (Å²) in [5.74, 6) is -0.283. The minimum absolute atomic E-state index is 0.136. The van der Waals surface area contributed by atoms with Crippen LogP contribution >= 0.6 is 0 Å². The molecule has 19 heavy (non-hydrogen) atoms. The molecular formula is C15H17F2NO. The normalized spacial score (nSPS) is 15.6. The van der Waals surface area contributed by atoms with Gasteiger partial charge in [-0.05, 0) is 18.8 Å². The summed E-state index contributed by atoms with van der Waals surface area (Å²) in [4.78, 5) is 0. The van der Waals surface area contributed by atoms with Gasteiger partial charge in [0, 0.05) is 23.7 Å². The van der Waals surface area contributed by atoms with Crippen molar-refractivity contribution in [3.8, 4) is 0 Å². The third kappa shape index (κ3) is 2.37. The predicted molar refractivity (Wildman–Crippen MR) is 70.1 cm³/mol. The second-order valence-corrected chi connectivity index (χ2v) is 5.51. The van der Waals surface area contributed by atoms with E-state index in [0.717, 1.165) is 17.4 Å². The molecule has 0 unspecified atom stereocenters. The second kappa shape index (κ2) is 4.60. The Hall–Kier alpha value is -1.42. The molecule has 2 nitrogen and oxygen atoms in total. The average molecular weight is 265 g/mol. The van der Waals surface area contributed by atoms with Crippen molar-refractivity contribution < 1.29 is 13.2 Å². The van der Waals surface area contributed by atoms with Gasteiger partial charge in [0.25, 0.3) is 0 Å². The first kappa shape index (κ1) is 12.6. The molecule has 1 N–H and O–H groups in total. The fraction of sp³-hybridized carbons (Fsp3) is 0.467. The molecule has 0 bridgehead atoms. The van der Waals surface area contributed by atoms with Gasteiger partial charge in [-0.1, -0.05) is 13.8 Å². The van der Waals surface area contributed by atoms with Crippen molar-refractivity contribution in [3.05, 3.63) is 35.1 Å². The van der Waals surface area contributed by atoms with Gasteiger partial charge < -0.3 is 9.73 Å². The molecule has 0 spiro atoms. The van der Waals surface area contributed by atoms with Gasteiger partial charge in [0.05, 0.1) is 11.9 Å². The first-order valence-corrected chi connectivity index (χ1v) is 6.70. The van der Waals surface area contributed by atoms with Crippen molar-refractivity contribution in [2.45, 2.75) is 45.2 Å². The summed E-state index contributed by atoms with van der Waals surface area (Å²) in [6, 6.07) is 2.72. The average Bonchev–Trinajstić information content (AvgIpc) is 3.06. The largest absolute Gasteiger partial charge is 0.459 e. The van der Waals surface area contributed by atoms with Gasteiger partial charge in [-0.3, -0.25) is 0 Å². The van der Waals surface area contributed by atoms with E-state index in [-0.39, 0.29) is 5.92 Å². The van der Waals surface area contributed by atoms with Crippen LogP contribution in [0.2, 0.25) is 0 Å². The maximum atomic E-state index is 14.0. The van der Waals surface area contributed by atoms with Gasteiger partial charge in [0.1, 0.15) is 23.0 Å². The quantitative estimate of drug-likeness (QED) is 0.900. The van der Waals surface area contributed by atoms with E-state index in [1.807, 2.05) is 13.8 Å². The Kier molecular flexibility index (Phi) is 3.05. The topological polar surface area (TPSA) is 25.2 Å². The van der Waals surface area contributed by atoms with Crippen molar-refractivity contribution >= 4 is 11.0 Å². The zero-order valence-corrected chi connectivity index (χ0v) is 11.1. The molecule has 1 heterocycles. The lowest BCUT2D eigenvalue weighted by molar-refractivity contribution is 0.501. The molecule has 1 fully saturated rings. The minimum atomic E-state index is -0.601. The summed E-state index contributed by atoms with van der Waals surface area (Å²) in [6.07, 6.45) is 2.36. The lowest BCUT2D eigenvalue weighted by Gasteiger charge is -2.07. The van der Waals surface area contributed by atoms with Crippen LogP contribution in [-0.4, -0.2) is 6.04 Å². The maximum absolute atomic E-state index is 14.0. The van der Waals surface area contributed by atoms with Crippen molar-refractivity contribution in [3.63, 3.8) is 0 Å². The van der Waals surface area contributed by atoms with Crippen molar-refractivity contribution in [1.82, 2.24) is 5.32 Å². The number of hydrogen-bond donors (Lipinski definition) is 1. The molecule has 1 aromatic heterocycles.